The summed E-state index contributed by atoms with van der Waals surface area (Å²) in [6, 6.07) is 11.2. The second-order valence-electron chi connectivity index (χ2n) is 6.54. The van der Waals surface area contributed by atoms with Gasteiger partial charge in [-0.25, -0.2) is 0 Å². The number of nitrogens with one attached hydrogen (secondary N) is 1. The fraction of sp³-hybridized carbons (Fsp3) is 0.500. The van der Waals surface area contributed by atoms with Crippen molar-refractivity contribution < 1.29 is 0 Å². The third kappa shape index (κ3) is 2.94. The van der Waals surface area contributed by atoms with Crippen molar-refractivity contribution in [2.24, 2.45) is 0 Å². The molecule has 2 heterocycles. The lowest BCUT2D eigenvalue weighted by atomic mass is 9.93. The molecule has 3 rings (SSSR count). The quantitative estimate of drug-likeness (QED) is 0.937. The minimum atomic E-state index is 0.231. The molecule has 1 aromatic heterocycles. The van der Waals surface area contributed by atoms with E-state index in [0.717, 1.165) is 31.6 Å². The van der Waals surface area contributed by atoms with E-state index in [4.69, 9.17) is 0 Å². The maximum Gasteiger partial charge on any atom is 0.0705 e. The molecule has 0 aliphatic carbocycles. The summed E-state index contributed by atoms with van der Waals surface area (Å²) in [7, 11) is 0. The minimum Gasteiger partial charge on any atom is -0.309 e. The largest absolute Gasteiger partial charge is 0.309 e. The van der Waals surface area contributed by atoms with Crippen molar-refractivity contribution in [3.05, 3.63) is 42.1 Å². The van der Waals surface area contributed by atoms with Crippen LogP contribution in [0, 0.1) is 0 Å². The zero-order chi connectivity index (χ0) is 14.9. The van der Waals surface area contributed by atoms with Gasteiger partial charge in [0.1, 0.15) is 0 Å². The van der Waals surface area contributed by atoms with E-state index in [0.29, 0.717) is 6.04 Å². The molecule has 112 valence electrons. The summed E-state index contributed by atoms with van der Waals surface area (Å²) in [6.45, 7) is 10.1. The number of pyridine rings is 1. The maximum absolute atomic E-state index is 4.47. The van der Waals surface area contributed by atoms with Gasteiger partial charge in [0.2, 0.25) is 0 Å². The summed E-state index contributed by atoms with van der Waals surface area (Å²) >= 11 is 0. The summed E-state index contributed by atoms with van der Waals surface area (Å²) in [5.41, 5.74) is 2.71. The van der Waals surface area contributed by atoms with Crippen LogP contribution in [0.2, 0.25) is 0 Å². The Hall–Kier alpha value is -1.45. The topological polar surface area (TPSA) is 28.2 Å². The molecule has 2 atom stereocenters. The van der Waals surface area contributed by atoms with Gasteiger partial charge in [-0.1, -0.05) is 25.1 Å². The van der Waals surface area contributed by atoms with Crippen molar-refractivity contribution >= 4 is 10.9 Å². The molecule has 0 bridgehead atoms. The first-order valence-corrected chi connectivity index (χ1v) is 7.93. The monoisotopic (exact) mass is 283 g/mol. The van der Waals surface area contributed by atoms with E-state index >= 15 is 0 Å². The number of hydrogen-bond acceptors (Lipinski definition) is 3. The van der Waals surface area contributed by atoms with Crippen molar-refractivity contribution in [3.8, 4) is 0 Å². The second kappa shape index (κ2) is 5.74. The molecule has 0 amide bonds. The standard InChI is InChI=1S/C18H25N3/c1-4-18(3)13-21(14(2)11-20-18)12-15-9-10-19-17-8-6-5-7-16(15)17/h5-10,14,20H,4,11-13H2,1-3H3. The molecule has 1 aliphatic rings. The molecule has 1 aromatic carbocycles. The van der Waals surface area contributed by atoms with Gasteiger partial charge in [0.25, 0.3) is 0 Å². The van der Waals surface area contributed by atoms with E-state index in [1.807, 2.05) is 6.20 Å². The first-order chi connectivity index (χ1) is 10.1. The molecule has 0 spiro atoms. The van der Waals surface area contributed by atoms with Crippen molar-refractivity contribution in [1.82, 2.24) is 15.2 Å². The van der Waals surface area contributed by atoms with Gasteiger partial charge in [0.05, 0.1) is 5.52 Å². The van der Waals surface area contributed by atoms with Crippen LogP contribution in [0.25, 0.3) is 10.9 Å². The number of piperazine rings is 1. The van der Waals surface area contributed by atoms with Crippen LogP contribution in [0.1, 0.15) is 32.8 Å². The van der Waals surface area contributed by atoms with Crippen molar-refractivity contribution in [1.29, 1.82) is 0 Å². The highest BCUT2D eigenvalue weighted by atomic mass is 15.2. The molecule has 2 unspecified atom stereocenters. The Kier molecular flexibility index (Phi) is 3.96. The predicted octanol–water partition coefficient (Wildman–Crippen LogP) is 3.20. The number of aromatic nitrogens is 1. The van der Waals surface area contributed by atoms with Gasteiger partial charge >= 0.3 is 0 Å². The van der Waals surface area contributed by atoms with Crippen molar-refractivity contribution in [3.63, 3.8) is 0 Å². The molecule has 3 heteroatoms. The Bertz CT molecular complexity index is 619. The molecule has 0 radical (unpaired) electrons. The van der Waals surface area contributed by atoms with E-state index in [-0.39, 0.29) is 5.54 Å². The van der Waals surface area contributed by atoms with Crippen LogP contribution in [0.5, 0.6) is 0 Å². The lowest BCUT2D eigenvalue weighted by Crippen LogP contribution is -2.61. The van der Waals surface area contributed by atoms with Crippen LogP contribution >= 0.6 is 0 Å². The number of para-hydroxylation sites is 1. The van der Waals surface area contributed by atoms with Crippen LogP contribution in [0.4, 0.5) is 0 Å². The smallest absolute Gasteiger partial charge is 0.0705 e. The summed E-state index contributed by atoms with van der Waals surface area (Å²) < 4.78 is 0. The Morgan fingerprint density at radius 1 is 1.33 bits per heavy atom. The van der Waals surface area contributed by atoms with Gasteiger partial charge in [-0.3, -0.25) is 9.88 Å². The average molecular weight is 283 g/mol. The zero-order valence-corrected chi connectivity index (χ0v) is 13.3. The summed E-state index contributed by atoms with van der Waals surface area (Å²) in [5, 5.41) is 4.98. The van der Waals surface area contributed by atoms with Gasteiger partial charge in [-0.2, -0.15) is 0 Å². The summed E-state index contributed by atoms with van der Waals surface area (Å²) in [4.78, 5) is 7.07. The average Bonchev–Trinajstić information content (AvgIpc) is 2.51. The Morgan fingerprint density at radius 2 is 2.14 bits per heavy atom. The normalized spacial score (nSPS) is 27.1. The summed E-state index contributed by atoms with van der Waals surface area (Å²) in [5.74, 6) is 0. The first-order valence-electron chi connectivity index (χ1n) is 7.93. The highest BCUT2D eigenvalue weighted by Crippen LogP contribution is 2.23. The third-order valence-corrected chi connectivity index (χ3v) is 4.89. The van der Waals surface area contributed by atoms with Crippen LogP contribution in [0.15, 0.2) is 36.5 Å². The van der Waals surface area contributed by atoms with Crippen LogP contribution < -0.4 is 5.32 Å². The molecule has 21 heavy (non-hydrogen) atoms. The van der Waals surface area contributed by atoms with Gasteiger partial charge in [0.15, 0.2) is 0 Å². The van der Waals surface area contributed by atoms with E-state index in [1.54, 1.807) is 0 Å². The molecule has 1 N–H and O–H groups in total. The fourth-order valence-corrected chi connectivity index (χ4v) is 3.14. The number of rotatable bonds is 3. The number of fused-ring (bicyclic) bond motifs is 1. The van der Waals surface area contributed by atoms with Gasteiger partial charge < -0.3 is 5.32 Å². The van der Waals surface area contributed by atoms with Gasteiger partial charge in [0, 0.05) is 42.8 Å². The Balaban J connectivity index is 1.87. The zero-order valence-electron chi connectivity index (χ0n) is 13.3. The fourth-order valence-electron chi connectivity index (χ4n) is 3.14. The van der Waals surface area contributed by atoms with Gasteiger partial charge in [-0.15, -0.1) is 0 Å². The number of nitrogens with zero attached hydrogens (tertiary/aromatic N) is 2. The van der Waals surface area contributed by atoms with Gasteiger partial charge in [-0.05, 0) is 38.0 Å². The molecule has 2 aromatic rings. The molecule has 1 fully saturated rings. The van der Waals surface area contributed by atoms with E-state index in [9.17, 15) is 0 Å². The van der Waals surface area contributed by atoms with Crippen molar-refractivity contribution in [2.45, 2.75) is 45.3 Å². The molecule has 1 aliphatic heterocycles. The highest BCUT2D eigenvalue weighted by Gasteiger charge is 2.32. The predicted molar refractivity (Wildman–Crippen MR) is 88.3 cm³/mol. The molecule has 0 saturated carbocycles. The first kappa shape index (κ1) is 14.5. The Labute approximate surface area is 127 Å². The number of benzene rings is 1. The molecular formula is C18H25N3. The third-order valence-electron chi connectivity index (χ3n) is 4.89. The van der Waals surface area contributed by atoms with E-state index < -0.39 is 0 Å². The molecular weight excluding hydrogens is 258 g/mol. The minimum absolute atomic E-state index is 0.231. The second-order valence-corrected chi connectivity index (χ2v) is 6.54. The SMILES string of the molecule is CCC1(C)CN(Cc2ccnc3ccccc23)C(C)CN1. The lowest BCUT2D eigenvalue weighted by molar-refractivity contribution is 0.0869. The van der Waals surface area contributed by atoms with E-state index in [2.05, 4.69) is 66.3 Å². The van der Waals surface area contributed by atoms with E-state index in [1.165, 1.54) is 10.9 Å². The Morgan fingerprint density at radius 3 is 2.95 bits per heavy atom. The highest BCUT2D eigenvalue weighted by molar-refractivity contribution is 5.81. The molecule has 1 saturated heterocycles. The molecule has 3 nitrogen and oxygen atoms in total. The summed E-state index contributed by atoms with van der Waals surface area (Å²) in [6.07, 6.45) is 3.09. The number of hydrogen-bond donors (Lipinski definition) is 1. The van der Waals surface area contributed by atoms with Crippen LogP contribution in [-0.2, 0) is 6.54 Å². The van der Waals surface area contributed by atoms with Crippen molar-refractivity contribution in [2.75, 3.05) is 13.1 Å². The van der Waals surface area contributed by atoms with Crippen LogP contribution in [0.3, 0.4) is 0 Å². The van der Waals surface area contributed by atoms with Crippen LogP contribution in [-0.4, -0.2) is 34.6 Å². The maximum atomic E-state index is 4.47. The lowest BCUT2D eigenvalue weighted by Gasteiger charge is -2.45.